The highest BCUT2D eigenvalue weighted by atomic mass is 35.5. The summed E-state index contributed by atoms with van der Waals surface area (Å²) in [4.78, 5) is 10.6. The first-order valence-corrected chi connectivity index (χ1v) is 3.76. The Morgan fingerprint density at radius 2 is 2.38 bits per heavy atom. The Kier molecular flexibility index (Phi) is 2.90. The summed E-state index contributed by atoms with van der Waals surface area (Å²) >= 11 is 0. The number of hydrogen-bond acceptors (Lipinski definition) is 3. The van der Waals surface area contributed by atoms with Gasteiger partial charge in [-0.05, 0) is 6.07 Å². The molecule has 2 N–H and O–H groups in total. The quantitative estimate of drug-likeness (QED) is 0.718. The number of hydrogen-bond donors (Lipinski definition) is 2. The molecule has 0 unspecified atom stereocenters. The van der Waals surface area contributed by atoms with Crippen LogP contribution in [-0.4, -0.2) is 33.9 Å². The van der Waals surface area contributed by atoms with Crippen LogP contribution >= 0.6 is 12.4 Å². The van der Waals surface area contributed by atoms with Crippen molar-refractivity contribution in [2.24, 2.45) is 0 Å². The lowest BCUT2D eigenvalue weighted by molar-refractivity contribution is 0.0677. The van der Waals surface area contributed by atoms with Gasteiger partial charge >= 0.3 is 5.97 Å². The Labute approximate surface area is 81.2 Å². The van der Waals surface area contributed by atoms with E-state index in [2.05, 4.69) is 10.4 Å². The Morgan fingerprint density at radius 1 is 1.69 bits per heavy atom. The Balaban J connectivity index is 0.000000845. The molecule has 1 aromatic rings. The molecule has 2 heterocycles. The van der Waals surface area contributed by atoms with Crippen LogP contribution in [0.4, 0.5) is 0 Å². The van der Waals surface area contributed by atoms with Gasteiger partial charge in [-0.15, -0.1) is 12.4 Å². The highest BCUT2D eigenvalue weighted by molar-refractivity contribution is 5.85. The highest BCUT2D eigenvalue weighted by Crippen LogP contribution is 2.13. The van der Waals surface area contributed by atoms with E-state index < -0.39 is 5.97 Å². The maximum Gasteiger partial charge on any atom is 0.354 e. The van der Waals surface area contributed by atoms with Crippen LogP contribution in [0.25, 0.3) is 0 Å². The van der Waals surface area contributed by atoms with Crippen LogP contribution in [0.15, 0.2) is 12.3 Å². The van der Waals surface area contributed by atoms with Gasteiger partial charge in [-0.1, -0.05) is 0 Å². The molecule has 0 radical (unpaired) electrons. The minimum atomic E-state index is -0.917. The Hall–Kier alpha value is -1.07. The number of rotatable bonds is 2. The molecule has 1 fully saturated rings. The summed E-state index contributed by atoms with van der Waals surface area (Å²) in [6.45, 7) is 1.61. The number of nitrogens with zero attached hydrogens (tertiary/aromatic N) is 2. The standard InChI is InChI=1S/C7H9N3O2.ClH/c11-7(12)6-1-2-9-10(6)5-3-8-4-5;/h1-2,5,8H,3-4H2,(H,11,12);1H. The molecule has 0 atom stereocenters. The second-order valence-corrected chi connectivity index (χ2v) is 2.78. The minimum absolute atomic E-state index is 0. The van der Waals surface area contributed by atoms with E-state index in [1.54, 1.807) is 4.68 Å². The van der Waals surface area contributed by atoms with Crippen molar-refractivity contribution in [1.82, 2.24) is 15.1 Å². The van der Waals surface area contributed by atoms with E-state index in [1.807, 2.05) is 0 Å². The van der Waals surface area contributed by atoms with Gasteiger partial charge in [0.2, 0.25) is 0 Å². The number of aromatic nitrogens is 2. The molecule has 0 bridgehead atoms. The summed E-state index contributed by atoms with van der Waals surface area (Å²) in [6, 6.07) is 1.73. The van der Waals surface area contributed by atoms with Gasteiger partial charge in [0.05, 0.1) is 6.04 Å². The molecule has 0 aliphatic carbocycles. The van der Waals surface area contributed by atoms with Gasteiger partial charge in [0.15, 0.2) is 0 Å². The molecule has 0 spiro atoms. The van der Waals surface area contributed by atoms with Crippen molar-refractivity contribution in [3.63, 3.8) is 0 Å². The van der Waals surface area contributed by atoms with Crippen LogP contribution in [0, 0.1) is 0 Å². The molecule has 0 saturated carbocycles. The molecule has 0 amide bonds. The van der Waals surface area contributed by atoms with Gasteiger partial charge in [0, 0.05) is 19.3 Å². The Morgan fingerprint density at radius 3 is 2.85 bits per heavy atom. The molecule has 1 saturated heterocycles. The number of nitrogens with one attached hydrogen (secondary N) is 1. The van der Waals surface area contributed by atoms with Crippen molar-refractivity contribution < 1.29 is 9.90 Å². The molecule has 13 heavy (non-hydrogen) atoms. The van der Waals surface area contributed by atoms with Crippen molar-refractivity contribution in [3.05, 3.63) is 18.0 Å². The summed E-state index contributed by atoms with van der Waals surface area (Å²) in [6.07, 6.45) is 1.52. The number of aromatic carboxylic acids is 1. The summed E-state index contributed by atoms with van der Waals surface area (Å²) in [5, 5.41) is 15.8. The summed E-state index contributed by atoms with van der Waals surface area (Å²) in [5.41, 5.74) is 0.265. The number of halogens is 1. The second-order valence-electron chi connectivity index (χ2n) is 2.78. The average molecular weight is 204 g/mol. The van der Waals surface area contributed by atoms with Crippen molar-refractivity contribution >= 4 is 18.4 Å². The number of carbonyl (C=O) groups is 1. The Bertz CT molecular complexity index is 308. The van der Waals surface area contributed by atoms with E-state index in [0.29, 0.717) is 0 Å². The molecular formula is C7H10ClN3O2. The van der Waals surface area contributed by atoms with Crippen LogP contribution in [0.5, 0.6) is 0 Å². The largest absolute Gasteiger partial charge is 0.477 e. The molecule has 5 nitrogen and oxygen atoms in total. The maximum absolute atomic E-state index is 10.6. The molecule has 2 rings (SSSR count). The summed E-state index contributed by atoms with van der Waals surface area (Å²) < 4.78 is 1.55. The molecule has 6 heteroatoms. The third-order valence-electron chi connectivity index (χ3n) is 2.00. The first kappa shape index (κ1) is 10.0. The summed E-state index contributed by atoms with van der Waals surface area (Å²) in [5.74, 6) is -0.917. The predicted octanol–water partition coefficient (Wildman–Crippen LogP) is 0.147. The van der Waals surface area contributed by atoms with E-state index in [4.69, 9.17) is 5.11 Å². The normalized spacial score (nSPS) is 16.0. The highest BCUT2D eigenvalue weighted by Gasteiger charge is 2.23. The monoisotopic (exact) mass is 203 g/mol. The van der Waals surface area contributed by atoms with Gasteiger partial charge in [0.25, 0.3) is 0 Å². The first-order chi connectivity index (χ1) is 5.79. The minimum Gasteiger partial charge on any atom is -0.477 e. The molecule has 1 aromatic heterocycles. The predicted molar refractivity (Wildman–Crippen MR) is 48.3 cm³/mol. The van der Waals surface area contributed by atoms with E-state index in [1.165, 1.54) is 12.3 Å². The average Bonchev–Trinajstić information content (AvgIpc) is 2.31. The summed E-state index contributed by atoms with van der Waals surface area (Å²) in [7, 11) is 0. The van der Waals surface area contributed by atoms with Crippen LogP contribution in [-0.2, 0) is 0 Å². The van der Waals surface area contributed by atoms with E-state index in [0.717, 1.165) is 13.1 Å². The van der Waals surface area contributed by atoms with Crippen LogP contribution in [0.3, 0.4) is 0 Å². The van der Waals surface area contributed by atoms with E-state index >= 15 is 0 Å². The fraction of sp³-hybridized carbons (Fsp3) is 0.429. The molecule has 1 aliphatic heterocycles. The third-order valence-corrected chi connectivity index (χ3v) is 2.00. The zero-order valence-electron chi connectivity index (χ0n) is 6.80. The van der Waals surface area contributed by atoms with Crippen LogP contribution in [0.1, 0.15) is 16.5 Å². The zero-order chi connectivity index (χ0) is 8.55. The number of carboxylic acid groups (broad SMARTS) is 1. The van der Waals surface area contributed by atoms with Crippen LogP contribution in [0.2, 0.25) is 0 Å². The van der Waals surface area contributed by atoms with Crippen LogP contribution < -0.4 is 5.32 Å². The van der Waals surface area contributed by atoms with Gasteiger partial charge in [0.1, 0.15) is 5.69 Å². The van der Waals surface area contributed by atoms with Crippen molar-refractivity contribution in [3.8, 4) is 0 Å². The lowest BCUT2D eigenvalue weighted by Crippen LogP contribution is -2.44. The van der Waals surface area contributed by atoms with Gasteiger partial charge in [-0.3, -0.25) is 4.68 Å². The zero-order valence-corrected chi connectivity index (χ0v) is 7.62. The third kappa shape index (κ3) is 1.66. The smallest absolute Gasteiger partial charge is 0.354 e. The lowest BCUT2D eigenvalue weighted by atomic mass is 10.2. The lowest BCUT2D eigenvalue weighted by Gasteiger charge is -2.28. The van der Waals surface area contributed by atoms with E-state index in [9.17, 15) is 4.79 Å². The molecule has 1 aliphatic rings. The van der Waals surface area contributed by atoms with E-state index in [-0.39, 0.29) is 24.1 Å². The molecular weight excluding hydrogens is 194 g/mol. The van der Waals surface area contributed by atoms with Gasteiger partial charge in [-0.25, -0.2) is 4.79 Å². The fourth-order valence-corrected chi connectivity index (χ4v) is 1.22. The fourth-order valence-electron chi connectivity index (χ4n) is 1.22. The number of carboxylic acids is 1. The van der Waals surface area contributed by atoms with Gasteiger partial charge in [-0.2, -0.15) is 5.10 Å². The van der Waals surface area contributed by atoms with Crippen molar-refractivity contribution in [1.29, 1.82) is 0 Å². The molecule has 72 valence electrons. The van der Waals surface area contributed by atoms with Crippen molar-refractivity contribution in [2.75, 3.05) is 13.1 Å². The second kappa shape index (κ2) is 3.76. The topological polar surface area (TPSA) is 67.1 Å². The maximum atomic E-state index is 10.6. The first-order valence-electron chi connectivity index (χ1n) is 3.76. The van der Waals surface area contributed by atoms with Gasteiger partial charge < -0.3 is 10.4 Å². The molecule has 0 aromatic carbocycles. The van der Waals surface area contributed by atoms with Crippen molar-refractivity contribution in [2.45, 2.75) is 6.04 Å². The SMILES string of the molecule is Cl.O=C(O)c1ccnn1C1CNC1.